The number of hydrogen-bond donors (Lipinski definition) is 1. The first-order valence-corrected chi connectivity index (χ1v) is 11.1. The number of nitrogens with zero attached hydrogens (tertiary/aromatic N) is 2. The smallest absolute Gasteiger partial charge is 0.308 e. The zero-order valence-electron chi connectivity index (χ0n) is 18.5. The first kappa shape index (κ1) is 22.2. The molecule has 0 aromatic heterocycles. The third kappa shape index (κ3) is 5.80. The van der Waals surface area contributed by atoms with E-state index in [2.05, 4.69) is 17.1 Å². The molecule has 0 amide bonds. The van der Waals surface area contributed by atoms with Crippen molar-refractivity contribution in [3.63, 3.8) is 0 Å². The molecule has 0 spiro atoms. The van der Waals surface area contributed by atoms with Gasteiger partial charge in [-0.15, -0.1) is 0 Å². The number of esters is 1. The minimum Gasteiger partial charge on any atom is -0.493 e. The van der Waals surface area contributed by atoms with E-state index < -0.39 is 0 Å². The van der Waals surface area contributed by atoms with Gasteiger partial charge < -0.3 is 24.4 Å². The van der Waals surface area contributed by atoms with Gasteiger partial charge in [0.1, 0.15) is 0 Å². The van der Waals surface area contributed by atoms with E-state index in [1.54, 1.807) is 7.11 Å². The lowest BCUT2D eigenvalue weighted by Crippen LogP contribution is -2.46. The molecule has 7 heteroatoms. The molecule has 0 radical (unpaired) electrons. The highest BCUT2D eigenvalue weighted by molar-refractivity contribution is 5.80. The topological polar surface area (TPSA) is 72.4 Å². The van der Waals surface area contributed by atoms with E-state index in [1.165, 1.54) is 20.0 Å². The van der Waals surface area contributed by atoms with Crippen LogP contribution in [-0.2, 0) is 16.1 Å². The summed E-state index contributed by atoms with van der Waals surface area (Å²) in [4.78, 5) is 18.8. The average Bonchev–Trinajstić information content (AvgIpc) is 3.29. The standard InChI is InChI=1S/C23H35N3O4/c1-4-24-23(26-13-11-18(12-14-26)22(27)29-3)25-16-17-9-10-20(28-2)21(15-17)30-19-7-5-6-8-19/h9-10,15,18-19H,4-8,11-14,16H2,1-3H3,(H,24,25). The highest BCUT2D eigenvalue weighted by Gasteiger charge is 2.27. The highest BCUT2D eigenvalue weighted by Crippen LogP contribution is 2.32. The van der Waals surface area contributed by atoms with Gasteiger partial charge in [-0.2, -0.15) is 0 Å². The zero-order valence-corrected chi connectivity index (χ0v) is 18.5. The summed E-state index contributed by atoms with van der Waals surface area (Å²) in [7, 11) is 3.13. The van der Waals surface area contributed by atoms with E-state index >= 15 is 0 Å². The first-order chi connectivity index (χ1) is 14.6. The van der Waals surface area contributed by atoms with E-state index in [-0.39, 0.29) is 18.0 Å². The molecule has 1 saturated carbocycles. The number of rotatable bonds is 7. The maximum atomic E-state index is 11.8. The zero-order chi connectivity index (χ0) is 21.3. The summed E-state index contributed by atoms with van der Waals surface area (Å²) in [6.45, 7) is 5.02. The Morgan fingerprint density at radius 1 is 1.13 bits per heavy atom. The van der Waals surface area contributed by atoms with Crippen LogP contribution in [0.1, 0.15) is 51.0 Å². The van der Waals surface area contributed by atoms with Crippen molar-refractivity contribution in [3.05, 3.63) is 23.8 Å². The van der Waals surface area contributed by atoms with Gasteiger partial charge in [0.25, 0.3) is 0 Å². The molecule has 1 heterocycles. The van der Waals surface area contributed by atoms with E-state index in [4.69, 9.17) is 19.2 Å². The molecular formula is C23H35N3O4. The molecule has 1 aromatic carbocycles. The van der Waals surface area contributed by atoms with Gasteiger partial charge in [-0.3, -0.25) is 4.79 Å². The summed E-state index contributed by atoms with van der Waals surface area (Å²) in [5.41, 5.74) is 1.09. The lowest BCUT2D eigenvalue weighted by atomic mass is 9.97. The van der Waals surface area contributed by atoms with Gasteiger partial charge in [0.15, 0.2) is 17.5 Å². The average molecular weight is 418 g/mol. The van der Waals surface area contributed by atoms with Crippen LogP contribution in [0.15, 0.2) is 23.2 Å². The molecule has 30 heavy (non-hydrogen) atoms. The molecule has 1 aromatic rings. The predicted octanol–water partition coefficient (Wildman–Crippen LogP) is 3.37. The van der Waals surface area contributed by atoms with Gasteiger partial charge in [-0.1, -0.05) is 6.07 Å². The third-order valence-electron chi connectivity index (χ3n) is 5.90. The van der Waals surface area contributed by atoms with E-state index in [1.807, 2.05) is 18.2 Å². The molecule has 1 aliphatic heterocycles. The molecule has 166 valence electrons. The number of ether oxygens (including phenoxy) is 3. The molecule has 1 saturated heterocycles. The third-order valence-corrected chi connectivity index (χ3v) is 5.90. The number of aliphatic imine (C=N–C) groups is 1. The first-order valence-electron chi connectivity index (χ1n) is 11.1. The number of hydrogen-bond acceptors (Lipinski definition) is 5. The fourth-order valence-corrected chi connectivity index (χ4v) is 4.18. The van der Waals surface area contributed by atoms with Crippen LogP contribution in [0.25, 0.3) is 0 Å². The van der Waals surface area contributed by atoms with Crippen LogP contribution in [-0.4, -0.2) is 56.8 Å². The lowest BCUT2D eigenvalue weighted by Gasteiger charge is -2.33. The van der Waals surface area contributed by atoms with E-state index in [0.717, 1.165) is 68.3 Å². The van der Waals surface area contributed by atoms with Crippen molar-refractivity contribution in [2.24, 2.45) is 10.9 Å². The molecular weight excluding hydrogens is 382 g/mol. The molecule has 0 unspecified atom stereocenters. The second-order valence-electron chi connectivity index (χ2n) is 7.96. The van der Waals surface area contributed by atoms with Gasteiger partial charge in [0.05, 0.1) is 32.8 Å². The number of guanidine groups is 1. The summed E-state index contributed by atoms with van der Waals surface area (Å²) >= 11 is 0. The van der Waals surface area contributed by atoms with Crippen molar-refractivity contribution in [2.45, 2.75) is 58.1 Å². The van der Waals surface area contributed by atoms with Crippen LogP contribution < -0.4 is 14.8 Å². The van der Waals surface area contributed by atoms with Gasteiger partial charge in [0, 0.05) is 19.6 Å². The number of nitrogens with one attached hydrogen (secondary N) is 1. The Bertz CT molecular complexity index is 723. The second-order valence-corrected chi connectivity index (χ2v) is 7.96. The van der Waals surface area contributed by atoms with E-state index in [0.29, 0.717) is 6.54 Å². The molecule has 1 N–H and O–H groups in total. The number of benzene rings is 1. The number of piperidine rings is 1. The molecule has 0 atom stereocenters. The highest BCUT2D eigenvalue weighted by atomic mass is 16.5. The predicted molar refractivity (Wildman–Crippen MR) is 117 cm³/mol. The minimum absolute atomic E-state index is 0.00833. The Labute approximate surface area is 179 Å². The molecule has 2 fully saturated rings. The van der Waals surface area contributed by atoms with E-state index in [9.17, 15) is 4.79 Å². The van der Waals surface area contributed by atoms with Crippen molar-refractivity contribution in [1.29, 1.82) is 0 Å². The van der Waals surface area contributed by atoms with Gasteiger partial charge in [0.2, 0.25) is 0 Å². The molecule has 0 bridgehead atoms. The Hall–Kier alpha value is -2.44. The van der Waals surface area contributed by atoms with Crippen LogP contribution in [0.3, 0.4) is 0 Å². The number of carbonyl (C=O) groups excluding carboxylic acids is 1. The number of methoxy groups -OCH3 is 2. The molecule has 7 nitrogen and oxygen atoms in total. The summed E-state index contributed by atoms with van der Waals surface area (Å²) < 4.78 is 16.6. The van der Waals surface area contributed by atoms with Crippen LogP contribution in [0.5, 0.6) is 11.5 Å². The van der Waals surface area contributed by atoms with Crippen LogP contribution in [0, 0.1) is 5.92 Å². The Kier molecular flexibility index (Phi) is 8.22. The van der Waals surface area contributed by atoms with Crippen molar-refractivity contribution >= 4 is 11.9 Å². The van der Waals surface area contributed by atoms with Crippen LogP contribution in [0.4, 0.5) is 0 Å². The molecule has 2 aliphatic rings. The SMILES string of the molecule is CCNC(=NCc1ccc(OC)c(OC2CCCC2)c1)N1CCC(C(=O)OC)CC1. The van der Waals surface area contributed by atoms with Crippen LogP contribution >= 0.6 is 0 Å². The Morgan fingerprint density at radius 3 is 2.50 bits per heavy atom. The normalized spacial score (nSPS) is 18.4. The summed E-state index contributed by atoms with van der Waals surface area (Å²) in [6, 6.07) is 6.05. The molecule has 3 rings (SSSR count). The quantitative estimate of drug-likeness (QED) is 0.417. The largest absolute Gasteiger partial charge is 0.493 e. The maximum Gasteiger partial charge on any atom is 0.308 e. The number of likely N-dealkylation sites (tertiary alicyclic amines) is 1. The molecule has 1 aliphatic carbocycles. The monoisotopic (exact) mass is 417 g/mol. The summed E-state index contributed by atoms with van der Waals surface area (Å²) in [5, 5.41) is 3.38. The Balaban J connectivity index is 1.66. The van der Waals surface area contributed by atoms with Crippen molar-refractivity contribution in [1.82, 2.24) is 10.2 Å². The van der Waals surface area contributed by atoms with Crippen molar-refractivity contribution in [3.8, 4) is 11.5 Å². The summed E-state index contributed by atoms with van der Waals surface area (Å²) in [6.07, 6.45) is 6.55. The summed E-state index contributed by atoms with van der Waals surface area (Å²) in [5.74, 6) is 2.35. The maximum absolute atomic E-state index is 11.8. The number of carbonyl (C=O) groups is 1. The fourth-order valence-electron chi connectivity index (χ4n) is 4.18. The van der Waals surface area contributed by atoms with Gasteiger partial charge >= 0.3 is 5.97 Å². The van der Waals surface area contributed by atoms with Gasteiger partial charge in [-0.05, 0) is 63.1 Å². The Morgan fingerprint density at radius 2 is 1.87 bits per heavy atom. The van der Waals surface area contributed by atoms with Crippen molar-refractivity contribution in [2.75, 3.05) is 33.9 Å². The second kappa shape index (κ2) is 11.1. The van der Waals surface area contributed by atoms with Gasteiger partial charge in [-0.25, -0.2) is 4.99 Å². The fraction of sp³-hybridized carbons (Fsp3) is 0.652. The minimum atomic E-state index is -0.107. The lowest BCUT2D eigenvalue weighted by molar-refractivity contribution is -0.146. The van der Waals surface area contributed by atoms with Crippen LogP contribution in [0.2, 0.25) is 0 Å². The van der Waals surface area contributed by atoms with Crippen molar-refractivity contribution < 1.29 is 19.0 Å².